The smallest absolute Gasteiger partial charge is 0.00202 e. The molecule has 1 N–H and O–H groups in total. The van der Waals surface area contributed by atoms with Gasteiger partial charge in [0.05, 0.1) is 0 Å². The zero-order valence-electron chi connectivity index (χ0n) is 13.3. The molecule has 1 atom stereocenters. The van der Waals surface area contributed by atoms with Crippen LogP contribution in [-0.4, -0.2) is 13.1 Å². The number of hydrogen-bond donors (Lipinski definition) is 1. The topological polar surface area (TPSA) is 12.0 Å². The van der Waals surface area contributed by atoms with Gasteiger partial charge >= 0.3 is 0 Å². The summed E-state index contributed by atoms with van der Waals surface area (Å²) in [6, 6.07) is 19.8. The summed E-state index contributed by atoms with van der Waals surface area (Å²) in [5, 5.41) is 3.58. The number of benzene rings is 2. The van der Waals surface area contributed by atoms with Crippen LogP contribution in [-0.2, 0) is 6.42 Å². The van der Waals surface area contributed by atoms with Gasteiger partial charge in [-0.3, -0.25) is 0 Å². The lowest BCUT2D eigenvalue weighted by atomic mass is 9.92. The van der Waals surface area contributed by atoms with Gasteiger partial charge in [-0.2, -0.15) is 0 Å². The van der Waals surface area contributed by atoms with Gasteiger partial charge < -0.3 is 5.32 Å². The van der Waals surface area contributed by atoms with Crippen LogP contribution in [0.1, 0.15) is 42.4 Å². The summed E-state index contributed by atoms with van der Waals surface area (Å²) in [6.07, 6.45) is 3.54. The van der Waals surface area contributed by atoms with Crippen molar-refractivity contribution >= 4 is 0 Å². The molecular weight excluding hydrogens is 254 g/mol. The van der Waals surface area contributed by atoms with Crippen LogP contribution < -0.4 is 5.32 Å². The first-order valence-electron chi connectivity index (χ1n) is 8.10. The summed E-state index contributed by atoms with van der Waals surface area (Å²) in [5.41, 5.74) is 4.23. The summed E-state index contributed by atoms with van der Waals surface area (Å²) in [7, 11) is 0. The standard InChI is InChI=1S/C20H27N/c1-3-15-21-16-20(19-7-5-4-6-8-19)14-13-18-11-9-17(2)10-12-18/h4-12,20-21H,3,13-16H2,1-2H3. The molecule has 2 aromatic rings. The van der Waals surface area contributed by atoms with Crippen LogP contribution in [0.15, 0.2) is 54.6 Å². The Morgan fingerprint density at radius 3 is 2.33 bits per heavy atom. The van der Waals surface area contributed by atoms with Gasteiger partial charge in [-0.05, 0) is 49.8 Å². The van der Waals surface area contributed by atoms with Gasteiger partial charge in [-0.1, -0.05) is 67.1 Å². The fourth-order valence-electron chi connectivity index (χ4n) is 2.66. The molecule has 0 fully saturated rings. The summed E-state index contributed by atoms with van der Waals surface area (Å²) < 4.78 is 0. The molecule has 0 aliphatic heterocycles. The highest BCUT2D eigenvalue weighted by molar-refractivity contribution is 5.23. The predicted molar refractivity (Wildman–Crippen MR) is 91.8 cm³/mol. The Kier molecular flexibility index (Phi) is 6.49. The first-order valence-corrected chi connectivity index (χ1v) is 8.10. The maximum atomic E-state index is 3.58. The van der Waals surface area contributed by atoms with Crippen LogP contribution in [0.25, 0.3) is 0 Å². The highest BCUT2D eigenvalue weighted by Gasteiger charge is 2.11. The molecule has 0 spiro atoms. The van der Waals surface area contributed by atoms with Crippen molar-refractivity contribution in [1.82, 2.24) is 5.32 Å². The normalized spacial score (nSPS) is 12.3. The second-order valence-corrected chi connectivity index (χ2v) is 5.84. The number of rotatable bonds is 8. The van der Waals surface area contributed by atoms with Crippen LogP contribution >= 0.6 is 0 Å². The molecule has 0 bridgehead atoms. The van der Waals surface area contributed by atoms with Gasteiger partial charge in [0.15, 0.2) is 0 Å². The predicted octanol–water partition coefficient (Wildman–Crippen LogP) is 4.71. The molecule has 1 nitrogen and oxygen atoms in total. The Morgan fingerprint density at radius 2 is 1.67 bits per heavy atom. The molecule has 2 aromatic carbocycles. The number of nitrogens with one attached hydrogen (secondary N) is 1. The Hall–Kier alpha value is -1.60. The molecule has 112 valence electrons. The lowest BCUT2D eigenvalue weighted by Crippen LogP contribution is -2.22. The highest BCUT2D eigenvalue weighted by atomic mass is 14.8. The molecule has 1 heteroatoms. The molecule has 0 amide bonds. The van der Waals surface area contributed by atoms with Crippen molar-refractivity contribution < 1.29 is 0 Å². The molecule has 2 rings (SSSR count). The van der Waals surface area contributed by atoms with Crippen molar-refractivity contribution in [3.8, 4) is 0 Å². The quantitative estimate of drug-likeness (QED) is 0.691. The molecule has 0 radical (unpaired) electrons. The molecule has 0 aliphatic carbocycles. The van der Waals surface area contributed by atoms with Crippen molar-refractivity contribution in [3.05, 3.63) is 71.3 Å². The third-order valence-electron chi connectivity index (χ3n) is 3.99. The number of aryl methyl sites for hydroxylation is 2. The van der Waals surface area contributed by atoms with Crippen LogP contribution in [0.2, 0.25) is 0 Å². The van der Waals surface area contributed by atoms with E-state index in [4.69, 9.17) is 0 Å². The maximum Gasteiger partial charge on any atom is 0.00202 e. The van der Waals surface area contributed by atoms with Crippen LogP contribution in [0, 0.1) is 6.92 Å². The van der Waals surface area contributed by atoms with Crippen LogP contribution in [0.3, 0.4) is 0 Å². The molecule has 0 aliphatic rings. The van der Waals surface area contributed by atoms with Crippen molar-refractivity contribution in [2.75, 3.05) is 13.1 Å². The van der Waals surface area contributed by atoms with Crippen molar-refractivity contribution in [2.45, 2.75) is 39.0 Å². The van der Waals surface area contributed by atoms with Crippen molar-refractivity contribution in [1.29, 1.82) is 0 Å². The van der Waals surface area contributed by atoms with E-state index in [2.05, 4.69) is 73.8 Å². The van der Waals surface area contributed by atoms with Gasteiger partial charge in [0, 0.05) is 6.54 Å². The van der Waals surface area contributed by atoms with E-state index in [0.29, 0.717) is 5.92 Å². The Bertz CT molecular complexity index is 501. The minimum atomic E-state index is 0.596. The van der Waals surface area contributed by atoms with E-state index < -0.39 is 0 Å². The molecule has 0 aromatic heterocycles. The molecule has 0 heterocycles. The number of hydrogen-bond acceptors (Lipinski definition) is 1. The van der Waals surface area contributed by atoms with E-state index in [0.717, 1.165) is 19.5 Å². The first-order chi connectivity index (χ1) is 10.3. The van der Waals surface area contributed by atoms with Crippen LogP contribution in [0.5, 0.6) is 0 Å². The minimum absolute atomic E-state index is 0.596. The molecule has 1 unspecified atom stereocenters. The fourth-order valence-corrected chi connectivity index (χ4v) is 2.66. The van der Waals surface area contributed by atoms with E-state index in [1.807, 2.05) is 0 Å². The lowest BCUT2D eigenvalue weighted by Gasteiger charge is -2.18. The van der Waals surface area contributed by atoms with Gasteiger partial charge in [-0.25, -0.2) is 0 Å². The Morgan fingerprint density at radius 1 is 0.952 bits per heavy atom. The molecule has 0 saturated carbocycles. The minimum Gasteiger partial charge on any atom is -0.316 e. The molecule has 21 heavy (non-hydrogen) atoms. The Labute approximate surface area is 129 Å². The fraction of sp³-hybridized carbons (Fsp3) is 0.400. The maximum absolute atomic E-state index is 3.58. The van der Waals surface area contributed by atoms with E-state index in [9.17, 15) is 0 Å². The van der Waals surface area contributed by atoms with Gasteiger partial charge in [0.2, 0.25) is 0 Å². The Balaban J connectivity index is 1.96. The summed E-state index contributed by atoms with van der Waals surface area (Å²) in [4.78, 5) is 0. The van der Waals surface area contributed by atoms with Gasteiger partial charge in [0.25, 0.3) is 0 Å². The first kappa shape index (κ1) is 15.8. The average molecular weight is 281 g/mol. The van der Waals surface area contributed by atoms with Gasteiger partial charge in [-0.15, -0.1) is 0 Å². The van der Waals surface area contributed by atoms with E-state index >= 15 is 0 Å². The second-order valence-electron chi connectivity index (χ2n) is 5.84. The van der Waals surface area contributed by atoms with Gasteiger partial charge in [0.1, 0.15) is 0 Å². The average Bonchev–Trinajstić information content (AvgIpc) is 2.53. The zero-order valence-corrected chi connectivity index (χ0v) is 13.3. The van der Waals surface area contributed by atoms with E-state index in [1.165, 1.54) is 29.5 Å². The van der Waals surface area contributed by atoms with E-state index in [-0.39, 0.29) is 0 Å². The third-order valence-corrected chi connectivity index (χ3v) is 3.99. The van der Waals surface area contributed by atoms with E-state index in [1.54, 1.807) is 0 Å². The third kappa shape index (κ3) is 5.35. The summed E-state index contributed by atoms with van der Waals surface area (Å²) in [6.45, 7) is 6.54. The highest BCUT2D eigenvalue weighted by Crippen LogP contribution is 2.21. The van der Waals surface area contributed by atoms with Crippen LogP contribution in [0.4, 0.5) is 0 Å². The second kappa shape index (κ2) is 8.63. The molecule has 0 saturated heterocycles. The van der Waals surface area contributed by atoms with Crippen molar-refractivity contribution in [2.24, 2.45) is 0 Å². The zero-order chi connectivity index (χ0) is 14.9. The summed E-state index contributed by atoms with van der Waals surface area (Å²) in [5.74, 6) is 0.596. The lowest BCUT2D eigenvalue weighted by molar-refractivity contribution is 0.548. The summed E-state index contributed by atoms with van der Waals surface area (Å²) >= 11 is 0. The van der Waals surface area contributed by atoms with Crippen molar-refractivity contribution in [3.63, 3.8) is 0 Å². The largest absolute Gasteiger partial charge is 0.316 e. The SMILES string of the molecule is CCCNCC(CCc1ccc(C)cc1)c1ccccc1. The molecular formula is C20H27N. The monoisotopic (exact) mass is 281 g/mol.